The first-order valence-corrected chi connectivity index (χ1v) is 7.71. The van der Waals surface area contributed by atoms with E-state index in [2.05, 4.69) is 11.2 Å². The first-order chi connectivity index (χ1) is 9.96. The lowest BCUT2D eigenvalue weighted by molar-refractivity contribution is -0.139. The number of aliphatic carboxylic acids is 1. The average molecular weight is 294 g/mol. The Labute approximate surface area is 127 Å². The topological polar surface area (TPSA) is 69.6 Å². The molecule has 0 aromatic heterocycles. The summed E-state index contributed by atoms with van der Waals surface area (Å²) in [5.74, 6) is 1.57. The van der Waals surface area contributed by atoms with Gasteiger partial charge in [0, 0.05) is 6.04 Å². The average Bonchev–Trinajstić information content (AvgIpc) is 2.98. The highest BCUT2D eigenvalue weighted by Crippen LogP contribution is 2.23. The van der Waals surface area contributed by atoms with E-state index < -0.39 is 11.5 Å². The number of amides is 1. The van der Waals surface area contributed by atoms with Crippen LogP contribution in [0.5, 0.6) is 0 Å². The predicted molar refractivity (Wildman–Crippen MR) is 81.8 cm³/mol. The van der Waals surface area contributed by atoms with Crippen molar-refractivity contribution in [2.45, 2.75) is 64.0 Å². The van der Waals surface area contributed by atoms with Crippen LogP contribution in [0.3, 0.4) is 0 Å². The fraction of sp³-hybridized carbons (Fsp3) is 0.750. The summed E-state index contributed by atoms with van der Waals surface area (Å²) in [7, 11) is 0. The van der Waals surface area contributed by atoms with Crippen molar-refractivity contribution in [2.75, 3.05) is 13.1 Å². The summed E-state index contributed by atoms with van der Waals surface area (Å²) in [6.07, 6.45) is 11.0. The van der Waals surface area contributed by atoms with Crippen LogP contribution < -0.4 is 5.32 Å². The van der Waals surface area contributed by atoms with Crippen LogP contribution in [-0.4, -0.2) is 46.6 Å². The van der Waals surface area contributed by atoms with Crippen LogP contribution in [0.25, 0.3) is 0 Å². The van der Waals surface area contributed by atoms with Gasteiger partial charge in [-0.1, -0.05) is 32.6 Å². The summed E-state index contributed by atoms with van der Waals surface area (Å²) in [6.45, 7) is 3.88. The van der Waals surface area contributed by atoms with Crippen molar-refractivity contribution >= 4 is 11.9 Å². The van der Waals surface area contributed by atoms with Gasteiger partial charge in [-0.05, 0) is 25.7 Å². The Morgan fingerprint density at radius 3 is 2.29 bits per heavy atom. The molecule has 2 N–H and O–H groups in total. The van der Waals surface area contributed by atoms with Gasteiger partial charge >= 0.3 is 5.97 Å². The minimum atomic E-state index is -0.899. The van der Waals surface area contributed by atoms with E-state index in [4.69, 9.17) is 11.5 Å². The van der Waals surface area contributed by atoms with Crippen LogP contribution in [0, 0.1) is 12.3 Å². The van der Waals surface area contributed by atoms with Crippen LogP contribution in [0.1, 0.15) is 52.4 Å². The number of nitrogens with one attached hydrogen (secondary N) is 1. The Balaban J connectivity index is 2.67. The monoisotopic (exact) mass is 294 g/mol. The molecule has 1 rings (SSSR count). The highest BCUT2D eigenvalue weighted by molar-refractivity contribution is 5.80. The highest BCUT2D eigenvalue weighted by atomic mass is 16.4. The maximum atomic E-state index is 12.2. The van der Waals surface area contributed by atoms with Gasteiger partial charge in [0.1, 0.15) is 5.54 Å². The Morgan fingerprint density at radius 1 is 1.29 bits per heavy atom. The first-order valence-electron chi connectivity index (χ1n) is 7.71. The van der Waals surface area contributed by atoms with E-state index >= 15 is 0 Å². The Kier molecular flexibility index (Phi) is 6.70. The number of nitrogens with zero attached hydrogens (tertiary/aromatic N) is 1. The molecule has 1 saturated carbocycles. The van der Waals surface area contributed by atoms with Crippen molar-refractivity contribution in [3.8, 4) is 12.3 Å². The molecule has 5 heteroatoms. The molecule has 1 aliphatic carbocycles. The Bertz CT molecular complexity index is 404. The van der Waals surface area contributed by atoms with Crippen molar-refractivity contribution < 1.29 is 14.7 Å². The van der Waals surface area contributed by atoms with Gasteiger partial charge in [0.05, 0.1) is 13.1 Å². The van der Waals surface area contributed by atoms with E-state index in [-0.39, 0.29) is 25.0 Å². The predicted octanol–water partition coefficient (Wildman–Crippen LogP) is 1.62. The van der Waals surface area contributed by atoms with Crippen LogP contribution in [0.4, 0.5) is 0 Å². The van der Waals surface area contributed by atoms with Gasteiger partial charge in [-0.25, -0.2) is 0 Å². The van der Waals surface area contributed by atoms with Gasteiger partial charge in [0.2, 0.25) is 5.91 Å². The van der Waals surface area contributed by atoms with Crippen molar-refractivity contribution in [2.24, 2.45) is 0 Å². The molecular formula is C16H26N2O3. The van der Waals surface area contributed by atoms with Gasteiger partial charge < -0.3 is 10.4 Å². The molecule has 21 heavy (non-hydrogen) atoms. The summed E-state index contributed by atoms with van der Waals surface area (Å²) in [4.78, 5) is 25.0. The van der Waals surface area contributed by atoms with E-state index in [9.17, 15) is 9.59 Å². The van der Waals surface area contributed by atoms with Crippen molar-refractivity contribution in [1.82, 2.24) is 10.2 Å². The molecular weight excluding hydrogens is 268 g/mol. The molecule has 0 bridgehead atoms. The van der Waals surface area contributed by atoms with E-state index in [1.54, 1.807) is 4.90 Å². The van der Waals surface area contributed by atoms with Gasteiger partial charge in [0.25, 0.3) is 0 Å². The molecule has 1 aliphatic rings. The minimum Gasteiger partial charge on any atom is -0.480 e. The van der Waals surface area contributed by atoms with E-state index in [0.717, 1.165) is 25.7 Å². The summed E-state index contributed by atoms with van der Waals surface area (Å²) in [6, 6.07) is 0.190. The highest BCUT2D eigenvalue weighted by Gasteiger charge is 2.29. The van der Waals surface area contributed by atoms with Crippen molar-refractivity contribution in [1.29, 1.82) is 0 Å². The summed E-state index contributed by atoms with van der Waals surface area (Å²) < 4.78 is 0. The molecule has 0 atom stereocenters. The SMILES string of the molecule is C#CC(CC)(CC)NC(=O)CN(CC(=O)O)C1CCCC1. The van der Waals surface area contributed by atoms with Crippen molar-refractivity contribution in [3.05, 3.63) is 0 Å². The van der Waals surface area contributed by atoms with Crippen molar-refractivity contribution in [3.63, 3.8) is 0 Å². The molecule has 0 aromatic carbocycles. The van der Waals surface area contributed by atoms with Crippen LogP contribution in [0.2, 0.25) is 0 Å². The Morgan fingerprint density at radius 2 is 1.86 bits per heavy atom. The van der Waals surface area contributed by atoms with Crippen LogP contribution >= 0.6 is 0 Å². The first kappa shape index (κ1) is 17.5. The maximum absolute atomic E-state index is 12.2. The number of carbonyl (C=O) groups is 2. The number of hydrogen-bond donors (Lipinski definition) is 2. The molecule has 118 valence electrons. The molecule has 0 unspecified atom stereocenters. The molecule has 0 heterocycles. The molecule has 0 saturated heterocycles. The summed E-state index contributed by atoms with van der Waals surface area (Å²) >= 11 is 0. The largest absolute Gasteiger partial charge is 0.480 e. The fourth-order valence-electron chi connectivity index (χ4n) is 2.92. The van der Waals surface area contributed by atoms with Gasteiger partial charge in [-0.3, -0.25) is 14.5 Å². The third-order valence-electron chi connectivity index (χ3n) is 4.39. The lowest BCUT2D eigenvalue weighted by Crippen LogP contribution is -2.52. The maximum Gasteiger partial charge on any atom is 0.317 e. The second-order valence-electron chi connectivity index (χ2n) is 5.72. The van der Waals surface area contributed by atoms with Gasteiger partial charge in [0.15, 0.2) is 0 Å². The zero-order chi connectivity index (χ0) is 15.9. The molecule has 1 amide bonds. The molecule has 0 spiro atoms. The number of hydrogen-bond acceptors (Lipinski definition) is 3. The van der Waals surface area contributed by atoms with Crippen LogP contribution in [0.15, 0.2) is 0 Å². The molecule has 1 fully saturated rings. The number of rotatable bonds is 8. The smallest absolute Gasteiger partial charge is 0.317 e. The number of carboxylic acids is 1. The number of carbonyl (C=O) groups excluding carboxylic acids is 1. The molecule has 0 aromatic rings. The standard InChI is InChI=1S/C16H26N2O3/c1-4-16(5-2,6-3)17-14(19)11-18(12-15(20)21)13-9-7-8-10-13/h1,13H,5-12H2,2-3H3,(H,17,19)(H,20,21). The summed E-state index contributed by atoms with van der Waals surface area (Å²) in [5, 5.41) is 11.9. The Hall–Kier alpha value is -1.54. The third-order valence-corrected chi connectivity index (χ3v) is 4.39. The molecule has 0 radical (unpaired) electrons. The van der Waals surface area contributed by atoms with E-state index in [1.165, 1.54) is 0 Å². The van der Waals surface area contributed by atoms with Crippen LogP contribution in [-0.2, 0) is 9.59 Å². The zero-order valence-corrected chi connectivity index (χ0v) is 13.0. The normalized spacial score (nSPS) is 15.9. The third kappa shape index (κ3) is 5.05. The lowest BCUT2D eigenvalue weighted by atomic mass is 9.94. The second-order valence-corrected chi connectivity index (χ2v) is 5.72. The minimum absolute atomic E-state index is 0.0976. The fourth-order valence-corrected chi connectivity index (χ4v) is 2.92. The van der Waals surface area contributed by atoms with E-state index in [0.29, 0.717) is 12.8 Å². The van der Waals surface area contributed by atoms with Gasteiger partial charge in [-0.15, -0.1) is 6.42 Å². The lowest BCUT2D eigenvalue weighted by Gasteiger charge is -2.31. The quantitative estimate of drug-likeness (QED) is 0.668. The number of terminal acetylenes is 1. The second kappa shape index (κ2) is 8.04. The van der Waals surface area contributed by atoms with Gasteiger partial charge in [-0.2, -0.15) is 0 Å². The molecule has 0 aliphatic heterocycles. The molecule has 5 nitrogen and oxygen atoms in total. The summed E-state index contributed by atoms with van der Waals surface area (Å²) in [5.41, 5.74) is -0.623. The zero-order valence-electron chi connectivity index (χ0n) is 13.0. The number of carboxylic acid groups (broad SMARTS) is 1. The van der Waals surface area contributed by atoms with E-state index in [1.807, 2.05) is 13.8 Å².